The highest BCUT2D eigenvalue weighted by atomic mass is 16.5. The number of likely N-dealkylation sites (N-methyl/N-ethyl adjacent to an activating group) is 1. The number of hydrogen-bond acceptors (Lipinski definition) is 6. The van der Waals surface area contributed by atoms with Gasteiger partial charge in [-0.05, 0) is 6.92 Å². The lowest BCUT2D eigenvalue weighted by atomic mass is 10.0. The molecule has 0 radical (unpaired) electrons. The fourth-order valence-corrected chi connectivity index (χ4v) is 3.03. The lowest BCUT2D eigenvalue weighted by molar-refractivity contribution is -0.134. The average Bonchev–Trinajstić information content (AvgIpc) is 3.13. The summed E-state index contributed by atoms with van der Waals surface area (Å²) in [6.07, 6.45) is 2.68. The summed E-state index contributed by atoms with van der Waals surface area (Å²) in [6, 6.07) is 2.11. The molecule has 25 heavy (non-hydrogen) atoms. The number of ether oxygens (including phenoxy) is 1. The van der Waals surface area contributed by atoms with Crippen molar-refractivity contribution in [2.75, 3.05) is 27.3 Å². The van der Waals surface area contributed by atoms with Gasteiger partial charge in [-0.15, -0.1) is 0 Å². The van der Waals surface area contributed by atoms with Gasteiger partial charge in [-0.2, -0.15) is 0 Å². The van der Waals surface area contributed by atoms with E-state index in [1.807, 2.05) is 26.4 Å². The third kappa shape index (κ3) is 4.08. The molecular formula is C17H25N5O3. The molecule has 0 aliphatic carbocycles. The lowest BCUT2D eigenvalue weighted by Crippen LogP contribution is -2.44. The van der Waals surface area contributed by atoms with E-state index in [-0.39, 0.29) is 18.6 Å². The van der Waals surface area contributed by atoms with Crippen LogP contribution in [0.5, 0.6) is 0 Å². The fourth-order valence-electron chi connectivity index (χ4n) is 3.03. The number of aromatic nitrogens is 3. The van der Waals surface area contributed by atoms with Crippen LogP contribution in [0, 0.1) is 6.92 Å². The minimum atomic E-state index is -0.0318. The van der Waals surface area contributed by atoms with Gasteiger partial charge in [0.05, 0.1) is 24.3 Å². The second-order valence-corrected chi connectivity index (χ2v) is 6.74. The molecule has 0 bridgehead atoms. The summed E-state index contributed by atoms with van der Waals surface area (Å²) in [5.41, 5.74) is 3.20. The van der Waals surface area contributed by atoms with E-state index in [1.54, 1.807) is 14.1 Å². The molecule has 0 fully saturated rings. The maximum atomic E-state index is 11.7. The van der Waals surface area contributed by atoms with Crippen LogP contribution in [0.25, 0.3) is 0 Å². The SMILES string of the molecule is Cc1cc(CN2Cc3ncn(C)c3CC2COCC(=O)N(C)C)no1. The Kier molecular flexibility index (Phi) is 5.19. The third-order valence-corrected chi connectivity index (χ3v) is 4.52. The second-order valence-electron chi connectivity index (χ2n) is 6.74. The number of aryl methyl sites for hydroxylation is 2. The average molecular weight is 347 g/mol. The smallest absolute Gasteiger partial charge is 0.248 e. The Morgan fingerprint density at radius 2 is 2.28 bits per heavy atom. The molecule has 0 saturated heterocycles. The van der Waals surface area contributed by atoms with Gasteiger partial charge in [-0.25, -0.2) is 4.98 Å². The highest BCUT2D eigenvalue weighted by Crippen LogP contribution is 2.24. The molecule has 2 aromatic heterocycles. The van der Waals surface area contributed by atoms with Crippen molar-refractivity contribution in [3.05, 3.63) is 35.2 Å². The normalized spacial score (nSPS) is 17.5. The number of carbonyl (C=O) groups excluding carboxylic acids is 1. The number of imidazole rings is 1. The molecule has 136 valence electrons. The topological polar surface area (TPSA) is 76.6 Å². The summed E-state index contributed by atoms with van der Waals surface area (Å²) >= 11 is 0. The molecule has 8 nitrogen and oxygen atoms in total. The largest absolute Gasteiger partial charge is 0.370 e. The Morgan fingerprint density at radius 3 is 2.96 bits per heavy atom. The fraction of sp³-hybridized carbons (Fsp3) is 0.588. The van der Waals surface area contributed by atoms with Crippen LogP contribution in [0.1, 0.15) is 22.8 Å². The number of nitrogens with zero attached hydrogens (tertiary/aromatic N) is 5. The maximum Gasteiger partial charge on any atom is 0.248 e. The number of amides is 1. The Balaban J connectivity index is 1.69. The van der Waals surface area contributed by atoms with Gasteiger partial charge in [-0.3, -0.25) is 9.69 Å². The number of carbonyl (C=O) groups is 1. The summed E-state index contributed by atoms with van der Waals surface area (Å²) in [5, 5.41) is 4.09. The molecule has 3 heterocycles. The molecule has 0 spiro atoms. The number of fused-ring (bicyclic) bond motifs is 1. The molecule has 1 atom stereocenters. The molecule has 0 N–H and O–H groups in total. The summed E-state index contributed by atoms with van der Waals surface area (Å²) in [7, 11) is 5.47. The van der Waals surface area contributed by atoms with Crippen molar-refractivity contribution in [2.45, 2.75) is 32.5 Å². The maximum absolute atomic E-state index is 11.7. The predicted octanol–water partition coefficient (Wildman–Crippen LogP) is 0.748. The highest BCUT2D eigenvalue weighted by molar-refractivity contribution is 5.76. The molecule has 1 aliphatic heterocycles. The first kappa shape index (κ1) is 17.6. The van der Waals surface area contributed by atoms with E-state index in [9.17, 15) is 4.79 Å². The van der Waals surface area contributed by atoms with Gasteiger partial charge >= 0.3 is 0 Å². The van der Waals surface area contributed by atoms with Gasteiger partial charge in [0.15, 0.2) is 0 Å². The molecule has 1 unspecified atom stereocenters. The predicted molar refractivity (Wildman–Crippen MR) is 90.7 cm³/mol. The van der Waals surface area contributed by atoms with Crippen LogP contribution in [0.15, 0.2) is 16.9 Å². The van der Waals surface area contributed by atoms with Crippen LogP contribution < -0.4 is 0 Å². The summed E-state index contributed by atoms with van der Waals surface area (Å²) in [4.78, 5) is 20.0. The van der Waals surface area contributed by atoms with Crippen molar-refractivity contribution in [3.63, 3.8) is 0 Å². The van der Waals surface area contributed by atoms with Crippen LogP contribution in [0.3, 0.4) is 0 Å². The van der Waals surface area contributed by atoms with Gasteiger partial charge in [-0.1, -0.05) is 5.16 Å². The van der Waals surface area contributed by atoms with Gasteiger partial charge in [0.25, 0.3) is 0 Å². The first-order valence-corrected chi connectivity index (χ1v) is 8.37. The first-order chi connectivity index (χ1) is 11.9. The van der Waals surface area contributed by atoms with Gasteiger partial charge in [0.2, 0.25) is 5.91 Å². The Bertz CT molecular complexity index is 736. The van der Waals surface area contributed by atoms with Gasteiger partial charge in [0, 0.05) is 58.5 Å². The molecule has 0 saturated carbocycles. The zero-order valence-corrected chi connectivity index (χ0v) is 15.2. The van der Waals surface area contributed by atoms with E-state index in [2.05, 4.69) is 19.6 Å². The monoisotopic (exact) mass is 347 g/mol. The summed E-state index contributed by atoms with van der Waals surface area (Å²) < 4.78 is 12.9. The second kappa shape index (κ2) is 7.37. The van der Waals surface area contributed by atoms with E-state index in [4.69, 9.17) is 9.26 Å². The van der Waals surface area contributed by atoms with Crippen LogP contribution in [0.2, 0.25) is 0 Å². The molecular weight excluding hydrogens is 322 g/mol. The van der Waals surface area contributed by atoms with Gasteiger partial charge in [0.1, 0.15) is 12.4 Å². The lowest BCUT2D eigenvalue weighted by Gasteiger charge is -2.34. The third-order valence-electron chi connectivity index (χ3n) is 4.52. The van der Waals surface area contributed by atoms with Gasteiger partial charge < -0.3 is 18.7 Å². The van der Waals surface area contributed by atoms with Crippen molar-refractivity contribution in [2.24, 2.45) is 7.05 Å². The highest BCUT2D eigenvalue weighted by Gasteiger charge is 2.30. The zero-order chi connectivity index (χ0) is 18.0. The van der Waals surface area contributed by atoms with Crippen molar-refractivity contribution < 1.29 is 14.1 Å². The standard InChI is InChI=1S/C17H25N5O3/c1-12-5-13(19-25-12)7-22-8-15-16(21(4)11-18-15)6-14(22)9-24-10-17(23)20(2)3/h5,11,14H,6-10H2,1-4H3. The quantitative estimate of drug-likeness (QED) is 0.767. The minimum absolute atomic E-state index is 0.0318. The molecule has 0 aromatic carbocycles. The molecule has 1 amide bonds. The first-order valence-electron chi connectivity index (χ1n) is 8.37. The van der Waals surface area contributed by atoms with E-state index in [0.29, 0.717) is 13.2 Å². The molecule has 2 aromatic rings. The van der Waals surface area contributed by atoms with E-state index < -0.39 is 0 Å². The number of rotatable bonds is 6. The minimum Gasteiger partial charge on any atom is -0.370 e. The van der Waals surface area contributed by atoms with E-state index in [0.717, 1.165) is 30.1 Å². The summed E-state index contributed by atoms with van der Waals surface area (Å²) in [5.74, 6) is 0.769. The van der Waals surface area contributed by atoms with Crippen LogP contribution in [-0.4, -0.2) is 63.8 Å². The van der Waals surface area contributed by atoms with Crippen LogP contribution in [0.4, 0.5) is 0 Å². The molecule has 8 heteroatoms. The summed E-state index contributed by atoms with van der Waals surface area (Å²) in [6.45, 7) is 3.87. The molecule has 1 aliphatic rings. The van der Waals surface area contributed by atoms with Crippen molar-refractivity contribution in [1.29, 1.82) is 0 Å². The van der Waals surface area contributed by atoms with E-state index >= 15 is 0 Å². The molecule has 3 rings (SSSR count). The number of hydrogen-bond donors (Lipinski definition) is 0. The Morgan fingerprint density at radius 1 is 1.48 bits per heavy atom. The zero-order valence-electron chi connectivity index (χ0n) is 15.2. The van der Waals surface area contributed by atoms with Crippen molar-refractivity contribution >= 4 is 5.91 Å². The Labute approximate surface area is 147 Å². The van der Waals surface area contributed by atoms with Crippen LogP contribution >= 0.6 is 0 Å². The van der Waals surface area contributed by atoms with Crippen molar-refractivity contribution in [1.82, 2.24) is 24.5 Å². The van der Waals surface area contributed by atoms with Crippen LogP contribution in [-0.2, 0) is 36.1 Å². The Hall–Kier alpha value is -2.19. The van der Waals surface area contributed by atoms with E-state index in [1.165, 1.54) is 10.6 Å². The van der Waals surface area contributed by atoms with Crippen molar-refractivity contribution in [3.8, 4) is 0 Å².